The predicted molar refractivity (Wildman–Crippen MR) is 112 cm³/mol. The van der Waals surface area contributed by atoms with Gasteiger partial charge < -0.3 is 5.32 Å². The molecule has 0 aliphatic carbocycles. The van der Waals surface area contributed by atoms with Gasteiger partial charge in [0.05, 0.1) is 11.1 Å². The van der Waals surface area contributed by atoms with Crippen LogP contribution in [0.4, 0.5) is 0 Å². The second kappa shape index (κ2) is 9.17. The molecule has 0 bridgehead atoms. The van der Waals surface area contributed by atoms with Crippen molar-refractivity contribution in [3.8, 4) is 0 Å². The summed E-state index contributed by atoms with van der Waals surface area (Å²) < 4.78 is 27.9. The van der Waals surface area contributed by atoms with E-state index in [1.165, 1.54) is 18.2 Å². The van der Waals surface area contributed by atoms with Gasteiger partial charge >= 0.3 is 0 Å². The van der Waals surface area contributed by atoms with Crippen LogP contribution in [0.5, 0.6) is 0 Å². The fraction of sp³-hybridized carbons (Fsp3) is 0.143. The first-order chi connectivity index (χ1) is 13.9. The third kappa shape index (κ3) is 5.41. The molecule has 8 heteroatoms. The third-order valence-electron chi connectivity index (χ3n) is 4.35. The molecule has 1 heterocycles. The van der Waals surface area contributed by atoms with Crippen LogP contribution in [0.3, 0.4) is 0 Å². The van der Waals surface area contributed by atoms with Crippen molar-refractivity contribution in [2.45, 2.75) is 24.4 Å². The molecule has 0 saturated carbocycles. The van der Waals surface area contributed by atoms with Crippen LogP contribution in [0.25, 0.3) is 0 Å². The lowest BCUT2D eigenvalue weighted by molar-refractivity contribution is 0.0939. The molecule has 0 fully saturated rings. The number of sulfonamides is 1. The summed E-state index contributed by atoms with van der Waals surface area (Å²) in [7, 11) is -3.90. The Morgan fingerprint density at radius 2 is 1.76 bits per heavy atom. The molecule has 1 amide bonds. The van der Waals surface area contributed by atoms with E-state index in [0.717, 1.165) is 11.1 Å². The Hall–Kier alpha value is -2.74. The van der Waals surface area contributed by atoms with Crippen molar-refractivity contribution in [2.24, 2.45) is 0 Å². The van der Waals surface area contributed by atoms with Crippen molar-refractivity contribution in [1.29, 1.82) is 0 Å². The zero-order chi connectivity index (χ0) is 20.9. The average molecular weight is 430 g/mol. The second-order valence-corrected chi connectivity index (χ2v) is 8.57. The summed E-state index contributed by atoms with van der Waals surface area (Å²) >= 11 is 6.11. The number of nitrogens with zero attached hydrogens (tertiary/aromatic N) is 1. The van der Waals surface area contributed by atoms with Gasteiger partial charge in [-0.3, -0.25) is 9.78 Å². The summed E-state index contributed by atoms with van der Waals surface area (Å²) in [6.45, 7) is 1.96. The van der Waals surface area contributed by atoms with Crippen LogP contribution in [0.15, 0.2) is 78.0 Å². The van der Waals surface area contributed by atoms with E-state index >= 15 is 0 Å². The van der Waals surface area contributed by atoms with E-state index in [1.807, 2.05) is 37.3 Å². The smallest absolute Gasteiger partial charge is 0.251 e. The molecule has 150 valence electrons. The quantitative estimate of drug-likeness (QED) is 0.599. The van der Waals surface area contributed by atoms with Gasteiger partial charge in [-0.05, 0) is 48.4 Å². The Labute approximate surface area is 175 Å². The van der Waals surface area contributed by atoms with Crippen molar-refractivity contribution in [1.82, 2.24) is 15.0 Å². The first kappa shape index (κ1) is 21.0. The second-order valence-electron chi connectivity index (χ2n) is 6.43. The van der Waals surface area contributed by atoms with Crippen molar-refractivity contribution in [3.63, 3.8) is 0 Å². The molecule has 0 radical (unpaired) electrons. The maximum atomic E-state index is 12.7. The van der Waals surface area contributed by atoms with E-state index in [0.29, 0.717) is 0 Å². The van der Waals surface area contributed by atoms with Crippen LogP contribution in [0.2, 0.25) is 5.02 Å². The number of benzene rings is 2. The van der Waals surface area contributed by atoms with Gasteiger partial charge in [-0.25, -0.2) is 13.1 Å². The van der Waals surface area contributed by atoms with Crippen molar-refractivity contribution >= 4 is 27.5 Å². The number of pyridine rings is 1. The molecule has 0 aliphatic rings. The number of rotatable bonds is 7. The Bertz CT molecular complexity index is 1090. The number of aromatic nitrogens is 1. The standard InChI is InChI=1S/C21H20ClN3O3S/c1-15(17-9-11-23-12-10-17)25-21(26)18-7-8-19(22)20(13-18)29(27,28)24-14-16-5-3-2-4-6-16/h2-13,15,24H,14H2,1H3,(H,25,26). The highest BCUT2D eigenvalue weighted by Crippen LogP contribution is 2.23. The summed E-state index contributed by atoms with van der Waals surface area (Å²) in [5.74, 6) is -0.398. The highest BCUT2D eigenvalue weighted by Gasteiger charge is 2.21. The number of carbonyl (C=O) groups excluding carboxylic acids is 1. The summed E-state index contributed by atoms with van der Waals surface area (Å²) in [4.78, 5) is 16.4. The Balaban J connectivity index is 1.77. The molecule has 6 nitrogen and oxygen atoms in total. The van der Waals surface area contributed by atoms with Crippen molar-refractivity contribution in [2.75, 3.05) is 0 Å². The molecule has 2 N–H and O–H groups in total. The largest absolute Gasteiger partial charge is 0.346 e. The SMILES string of the molecule is CC(NC(=O)c1ccc(Cl)c(S(=O)(=O)NCc2ccccc2)c1)c1ccncc1. The molecular weight excluding hydrogens is 410 g/mol. The predicted octanol–water partition coefficient (Wildman–Crippen LogP) is 3.70. The van der Waals surface area contributed by atoms with Crippen LogP contribution in [0, 0.1) is 0 Å². The van der Waals surface area contributed by atoms with E-state index in [2.05, 4.69) is 15.0 Å². The number of nitrogens with one attached hydrogen (secondary N) is 2. The normalized spacial score (nSPS) is 12.3. The van der Waals surface area contributed by atoms with E-state index in [9.17, 15) is 13.2 Å². The molecular formula is C21H20ClN3O3S. The molecule has 0 aliphatic heterocycles. The monoisotopic (exact) mass is 429 g/mol. The first-order valence-electron chi connectivity index (χ1n) is 8.91. The van der Waals surface area contributed by atoms with Gasteiger partial charge in [-0.2, -0.15) is 0 Å². The number of halogens is 1. The average Bonchev–Trinajstić information content (AvgIpc) is 2.74. The fourth-order valence-corrected chi connectivity index (χ4v) is 4.26. The van der Waals surface area contributed by atoms with Crippen molar-refractivity contribution < 1.29 is 13.2 Å². The van der Waals surface area contributed by atoms with Crippen LogP contribution in [0.1, 0.15) is 34.5 Å². The van der Waals surface area contributed by atoms with Gasteiger partial charge in [0.2, 0.25) is 10.0 Å². The molecule has 1 aromatic heterocycles. The highest BCUT2D eigenvalue weighted by molar-refractivity contribution is 7.89. The highest BCUT2D eigenvalue weighted by atomic mass is 35.5. The van der Waals surface area contributed by atoms with Crippen LogP contribution >= 0.6 is 11.6 Å². The maximum Gasteiger partial charge on any atom is 0.251 e. The van der Waals surface area contributed by atoms with Gasteiger partial charge in [0.15, 0.2) is 0 Å². The molecule has 0 spiro atoms. The van der Waals surface area contributed by atoms with E-state index in [1.54, 1.807) is 24.5 Å². The minimum atomic E-state index is -3.90. The third-order valence-corrected chi connectivity index (χ3v) is 6.23. The summed E-state index contributed by atoms with van der Waals surface area (Å²) in [6, 6.07) is 16.6. The molecule has 29 heavy (non-hydrogen) atoms. The van der Waals surface area contributed by atoms with Crippen LogP contribution < -0.4 is 10.0 Å². The molecule has 3 aromatic rings. The van der Waals surface area contributed by atoms with E-state index < -0.39 is 15.9 Å². The van der Waals surface area contributed by atoms with Gasteiger partial charge in [-0.15, -0.1) is 0 Å². The van der Waals surface area contributed by atoms with Crippen LogP contribution in [-0.4, -0.2) is 19.3 Å². The lowest BCUT2D eigenvalue weighted by Gasteiger charge is -2.15. The van der Waals surface area contributed by atoms with Crippen LogP contribution in [-0.2, 0) is 16.6 Å². The molecule has 3 rings (SSSR count). The van der Waals surface area contributed by atoms with Gasteiger partial charge in [0.1, 0.15) is 4.90 Å². The Morgan fingerprint density at radius 1 is 1.07 bits per heavy atom. The number of amides is 1. The molecule has 1 unspecified atom stereocenters. The molecule has 1 atom stereocenters. The first-order valence-corrected chi connectivity index (χ1v) is 10.8. The Morgan fingerprint density at radius 3 is 2.45 bits per heavy atom. The van der Waals surface area contributed by atoms with E-state index in [4.69, 9.17) is 11.6 Å². The number of carbonyl (C=O) groups is 1. The topological polar surface area (TPSA) is 88.2 Å². The fourth-order valence-electron chi connectivity index (χ4n) is 2.72. The van der Waals surface area contributed by atoms with Crippen molar-refractivity contribution in [3.05, 3.63) is 94.8 Å². The summed E-state index contributed by atoms with van der Waals surface area (Å²) in [5.41, 5.74) is 1.90. The minimum absolute atomic E-state index is 0.0456. The number of hydrogen-bond donors (Lipinski definition) is 2. The Kier molecular flexibility index (Phi) is 6.64. The lowest BCUT2D eigenvalue weighted by Crippen LogP contribution is -2.27. The summed E-state index contributed by atoms with van der Waals surface area (Å²) in [5, 5.41) is 2.89. The molecule has 0 saturated heterocycles. The minimum Gasteiger partial charge on any atom is -0.346 e. The maximum absolute atomic E-state index is 12.7. The molecule has 2 aromatic carbocycles. The number of hydrogen-bond acceptors (Lipinski definition) is 4. The summed E-state index contributed by atoms with van der Waals surface area (Å²) in [6.07, 6.45) is 3.28. The zero-order valence-corrected chi connectivity index (χ0v) is 17.2. The lowest BCUT2D eigenvalue weighted by atomic mass is 10.1. The van der Waals surface area contributed by atoms with Gasteiger partial charge in [-0.1, -0.05) is 41.9 Å². The van der Waals surface area contributed by atoms with Gasteiger partial charge in [0, 0.05) is 24.5 Å². The van der Waals surface area contributed by atoms with E-state index in [-0.39, 0.29) is 28.1 Å². The van der Waals surface area contributed by atoms with Gasteiger partial charge in [0.25, 0.3) is 5.91 Å². The zero-order valence-electron chi connectivity index (χ0n) is 15.7.